The number of carbonyl (C=O) groups excluding carboxylic acids is 2. The molecule has 0 aliphatic rings. The third-order valence-corrected chi connectivity index (χ3v) is 4.61. The molecule has 7 nitrogen and oxygen atoms in total. The lowest BCUT2D eigenvalue weighted by Crippen LogP contribution is -2.17. The molecule has 0 aliphatic heterocycles. The Morgan fingerprint density at radius 1 is 0.967 bits per heavy atom. The van der Waals surface area contributed by atoms with E-state index in [1.807, 2.05) is 0 Å². The minimum Gasteiger partial charge on any atom is -0.493 e. The van der Waals surface area contributed by atoms with Crippen molar-refractivity contribution in [1.82, 2.24) is 10.4 Å². The summed E-state index contributed by atoms with van der Waals surface area (Å²) < 4.78 is 10.7. The second-order valence-corrected chi connectivity index (χ2v) is 6.68. The van der Waals surface area contributed by atoms with Gasteiger partial charge >= 0.3 is 5.97 Å². The summed E-state index contributed by atoms with van der Waals surface area (Å²) in [5.74, 6) is -0.454. The van der Waals surface area contributed by atoms with Crippen LogP contribution in [0.5, 0.6) is 11.5 Å². The Bertz CT molecular complexity index is 1100. The van der Waals surface area contributed by atoms with Crippen LogP contribution in [0.1, 0.15) is 26.3 Å². The number of rotatable bonds is 6. The lowest BCUT2D eigenvalue weighted by Gasteiger charge is -2.10. The molecule has 0 aliphatic carbocycles. The summed E-state index contributed by atoms with van der Waals surface area (Å²) in [4.78, 5) is 28.2. The van der Waals surface area contributed by atoms with Gasteiger partial charge in [0.2, 0.25) is 0 Å². The number of halogens is 2. The summed E-state index contributed by atoms with van der Waals surface area (Å²) in [5, 5.41) is 4.50. The Kier molecular flexibility index (Phi) is 7.00. The van der Waals surface area contributed by atoms with Crippen LogP contribution in [0.25, 0.3) is 0 Å². The lowest BCUT2D eigenvalue weighted by molar-refractivity contribution is 0.0729. The van der Waals surface area contributed by atoms with E-state index in [9.17, 15) is 9.59 Å². The van der Waals surface area contributed by atoms with Gasteiger partial charge in [0, 0.05) is 18.0 Å². The monoisotopic (exact) mass is 443 g/mol. The number of nitrogens with one attached hydrogen (secondary N) is 1. The van der Waals surface area contributed by atoms with Crippen molar-refractivity contribution < 1.29 is 19.1 Å². The van der Waals surface area contributed by atoms with Crippen LogP contribution in [0.2, 0.25) is 10.0 Å². The van der Waals surface area contributed by atoms with Gasteiger partial charge in [0.1, 0.15) is 0 Å². The SMILES string of the molecule is COc1cc(/C=N\NC(=O)c2ccncc2)ccc1OC(=O)c1ccc(Cl)c(Cl)c1. The third kappa shape index (κ3) is 5.34. The van der Waals surface area contributed by atoms with Gasteiger partial charge in [-0.3, -0.25) is 9.78 Å². The van der Waals surface area contributed by atoms with Crippen LogP contribution < -0.4 is 14.9 Å². The number of methoxy groups -OCH3 is 1. The number of amides is 1. The number of pyridine rings is 1. The fourth-order valence-corrected chi connectivity index (χ4v) is 2.66. The zero-order chi connectivity index (χ0) is 21.5. The van der Waals surface area contributed by atoms with Crippen LogP contribution in [-0.4, -0.2) is 30.2 Å². The molecular formula is C21H15Cl2N3O4. The number of hydrogen-bond donors (Lipinski definition) is 1. The maximum atomic E-state index is 12.4. The molecule has 3 aromatic rings. The molecule has 152 valence electrons. The molecule has 9 heteroatoms. The average Bonchev–Trinajstić information content (AvgIpc) is 2.77. The summed E-state index contributed by atoms with van der Waals surface area (Å²) >= 11 is 11.8. The Balaban J connectivity index is 1.69. The molecule has 1 amide bonds. The zero-order valence-electron chi connectivity index (χ0n) is 15.6. The highest BCUT2D eigenvalue weighted by atomic mass is 35.5. The van der Waals surface area contributed by atoms with Crippen LogP contribution >= 0.6 is 23.2 Å². The van der Waals surface area contributed by atoms with E-state index in [0.717, 1.165) is 0 Å². The van der Waals surface area contributed by atoms with E-state index in [1.54, 1.807) is 30.3 Å². The standard InChI is InChI=1S/C21H15Cl2N3O4/c1-29-19-10-13(12-25-26-20(27)14-6-8-24-9-7-14)2-5-18(19)30-21(28)15-3-4-16(22)17(23)11-15/h2-12H,1H3,(H,26,27)/b25-12-. The maximum Gasteiger partial charge on any atom is 0.343 e. The minimum absolute atomic E-state index is 0.214. The van der Waals surface area contributed by atoms with Crippen molar-refractivity contribution >= 4 is 41.3 Å². The van der Waals surface area contributed by atoms with Crippen LogP contribution in [0, 0.1) is 0 Å². The summed E-state index contributed by atoms with van der Waals surface area (Å²) in [6, 6.07) is 12.4. The highest BCUT2D eigenvalue weighted by Crippen LogP contribution is 2.29. The van der Waals surface area contributed by atoms with Gasteiger partial charge in [-0.05, 0) is 54.1 Å². The number of nitrogens with zero attached hydrogens (tertiary/aromatic N) is 2. The fourth-order valence-electron chi connectivity index (χ4n) is 2.36. The van der Waals surface area contributed by atoms with Gasteiger partial charge in [-0.25, -0.2) is 10.2 Å². The van der Waals surface area contributed by atoms with Crippen molar-refractivity contribution in [2.75, 3.05) is 7.11 Å². The van der Waals surface area contributed by atoms with Crippen molar-refractivity contribution in [2.45, 2.75) is 0 Å². The second-order valence-electron chi connectivity index (χ2n) is 5.86. The van der Waals surface area contributed by atoms with Crippen molar-refractivity contribution in [2.24, 2.45) is 5.10 Å². The second kappa shape index (κ2) is 9.87. The van der Waals surface area contributed by atoms with Crippen LogP contribution in [0.4, 0.5) is 0 Å². The molecule has 30 heavy (non-hydrogen) atoms. The quantitative estimate of drug-likeness (QED) is 0.264. The first-order valence-electron chi connectivity index (χ1n) is 8.56. The van der Waals surface area contributed by atoms with Crippen LogP contribution in [-0.2, 0) is 0 Å². The summed E-state index contributed by atoms with van der Waals surface area (Å²) in [6.07, 6.45) is 4.47. The van der Waals surface area contributed by atoms with Crippen molar-refractivity contribution in [3.05, 3.63) is 87.7 Å². The molecule has 0 saturated heterocycles. The highest BCUT2D eigenvalue weighted by molar-refractivity contribution is 6.42. The first kappa shape index (κ1) is 21.3. The number of esters is 1. The molecule has 0 saturated carbocycles. The van der Waals surface area contributed by atoms with Crippen LogP contribution in [0.3, 0.4) is 0 Å². The molecule has 0 spiro atoms. The Morgan fingerprint density at radius 3 is 2.43 bits per heavy atom. The van der Waals surface area contributed by atoms with Gasteiger partial charge in [-0.1, -0.05) is 23.2 Å². The highest BCUT2D eigenvalue weighted by Gasteiger charge is 2.14. The van der Waals surface area contributed by atoms with E-state index in [0.29, 0.717) is 21.9 Å². The molecule has 0 fully saturated rings. The van der Waals surface area contributed by atoms with Crippen LogP contribution in [0.15, 0.2) is 66.0 Å². The largest absolute Gasteiger partial charge is 0.493 e. The van der Waals surface area contributed by atoms with Gasteiger partial charge < -0.3 is 9.47 Å². The Hall–Kier alpha value is -3.42. The molecule has 1 aromatic heterocycles. The van der Waals surface area contributed by atoms with E-state index >= 15 is 0 Å². The normalized spacial score (nSPS) is 10.6. The molecular weight excluding hydrogens is 429 g/mol. The van der Waals surface area contributed by atoms with E-state index in [2.05, 4.69) is 15.5 Å². The number of hydrogen-bond acceptors (Lipinski definition) is 6. The van der Waals surface area contributed by atoms with Gasteiger partial charge in [0.05, 0.1) is 28.9 Å². The number of benzene rings is 2. The average molecular weight is 444 g/mol. The third-order valence-electron chi connectivity index (χ3n) is 3.87. The van der Waals surface area contributed by atoms with E-state index in [4.69, 9.17) is 32.7 Å². The van der Waals surface area contributed by atoms with Gasteiger partial charge in [-0.15, -0.1) is 0 Å². The number of ether oxygens (including phenoxy) is 2. The molecule has 2 aromatic carbocycles. The van der Waals surface area contributed by atoms with Gasteiger partial charge in [-0.2, -0.15) is 5.10 Å². The lowest BCUT2D eigenvalue weighted by atomic mass is 10.2. The smallest absolute Gasteiger partial charge is 0.343 e. The van der Waals surface area contributed by atoms with E-state index < -0.39 is 5.97 Å². The number of hydrazone groups is 1. The summed E-state index contributed by atoms with van der Waals surface area (Å²) in [7, 11) is 1.44. The maximum absolute atomic E-state index is 12.4. The Labute approximate surface area is 182 Å². The number of aromatic nitrogens is 1. The fraction of sp³-hybridized carbons (Fsp3) is 0.0476. The molecule has 1 heterocycles. The topological polar surface area (TPSA) is 89.9 Å². The predicted molar refractivity (Wildman–Crippen MR) is 114 cm³/mol. The molecule has 0 bridgehead atoms. The van der Waals surface area contributed by atoms with Gasteiger partial charge in [0.25, 0.3) is 5.91 Å². The Morgan fingerprint density at radius 2 is 1.73 bits per heavy atom. The molecule has 1 N–H and O–H groups in total. The first-order valence-corrected chi connectivity index (χ1v) is 9.32. The molecule has 0 unspecified atom stereocenters. The molecule has 3 rings (SSSR count). The number of carbonyl (C=O) groups is 2. The van der Waals surface area contributed by atoms with E-state index in [1.165, 1.54) is 43.9 Å². The minimum atomic E-state index is -0.613. The zero-order valence-corrected chi connectivity index (χ0v) is 17.1. The van der Waals surface area contributed by atoms with Crippen molar-refractivity contribution in [1.29, 1.82) is 0 Å². The first-order chi connectivity index (χ1) is 14.5. The van der Waals surface area contributed by atoms with Crippen molar-refractivity contribution in [3.63, 3.8) is 0 Å². The summed E-state index contributed by atoms with van der Waals surface area (Å²) in [6.45, 7) is 0. The summed E-state index contributed by atoms with van der Waals surface area (Å²) in [5.41, 5.74) is 3.72. The van der Waals surface area contributed by atoms with Crippen molar-refractivity contribution in [3.8, 4) is 11.5 Å². The molecule has 0 radical (unpaired) electrons. The van der Waals surface area contributed by atoms with Gasteiger partial charge in [0.15, 0.2) is 11.5 Å². The molecule has 0 atom stereocenters. The predicted octanol–water partition coefficient (Wildman–Crippen LogP) is 4.38. The van der Waals surface area contributed by atoms with E-state index in [-0.39, 0.29) is 22.2 Å².